The van der Waals surface area contributed by atoms with E-state index in [1.54, 1.807) is 18.3 Å². The number of aromatic nitrogens is 3. The van der Waals surface area contributed by atoms with Crippen molar-refractivity contribution in [1.82, 2.24) is 14.2 Å². The van der Waals surface area contributed by atoms with Crippen LogP contribution in [0.3, 0.4) is 0 Å². The summed E-state index contributed by atoms with van der Waals surface area (Å²) >= 11 is 0. The van der Waals surface area contributed by atoms with Gasteiger partial charge in [0.2, 0.25) is 0 Å². The molecule has 1 amide bonds. The molecule has 0 spiro atoms. The van der Waals surface area contributed by atoms with Crippen LogP contribution in [0.25, 0.3) is 5.65 Å². The number of anilines is 2. The molecular weight excluding hydrogens is 402 g/mol. The van der Waals surface area contributed by atoms with Crippen molar-refractivity contribution >= 4 is 22.9 Å². The molecule has 0 saturated heterocycles. The number of unbranched alkanes of at least 4 members (excludes halogenated alkanes) is 1. The van der Waals surface area contributed by atoms with Crippen LogP contribution in [-0.2, 0) is 6.54 Å². The molecule has 7 nitrogen and oxygen atoms in total. The zero-order chi connectivity index (χ0) is 22.5. The zero-order valence-electron chi connectivity index (χ0n) is 18.4. The Hall–Kier alpha value is -3.87. The fourth-order valence-electron chi connectivity index (χ4n) is 3.59. The second kappa shape index (κ2) is 9.51. The molecule has 2 heterocycles. The third-order valence-corrected chi connectivity index (χ3v) is 5.42. The highest BCUT2D eigenvalue weighted by atomic mass is 16.2. The summed E-state index contributed by atoms with van der Waals surface area (Å²) in [5, 5.41) is 7.31. The third kappa shape index (κ3) is 4.72. The lowest BCUT2D eigenvalue weighted by Gasteiger charge is -2.19. The number of nitrogens with one attached hydrogen (secondary N) is 1. The van der Waals surface area contributed by atoms with E-state index in [-0.39, 0.29) is 11.6 Å². The summed E-state index contributed by atoms with van der Waals surface area (Å²) < 4.78 is 2.93. The molecule has 1 N–H and O–H groups in total. The fourth-order valence-corrected chi connectivity index (χ4v) is 3.59. The van der Waals surface area contributed by atoms with Gasteiger partial charge in [0, 0.05) is 36.7 Å². The lowest BCUT2D eigenvalue weighted by Crippen LogP contribution is -2.21. The Morgan fingerprint density at radius 1 is 1.06 bits per heavy atom. The molecule has 0 radical (unpaired) electrons. The number of fused-ring (bicyclic) bond motifs is 1. The molecular formula is C25H27N5O2. The van der Waals surface area contributed by atoms with Gasteiger partial charge in [0.1, 0.15) is 0 Å². The van der Waals surface area contributed by atoms with Gasteiger partial charge in [0.15, 0.2) is 5.65 Å². The number of benzene rings is 2. The number of carbonyl (C=O) groups is 1. The van der Waals surface area contributed by atoms with Gasteiger partial charge in [-0.05, 0) is 60.5 Å². The Morgan fingerprint density at radius 2 is 1.88 bits per heavy atom. The van der Waals surface area contributed by atoms with Gasteiger partial charge in [0.25, 0.3) is 5.91 Å². The largest absolute Gasteiger partial charge is 0.375 e. The Kier molecular flexibility index (Phi) is 6.35. The average Bonchev–Trinajstić information content (AvgIpc) is 3.13. The van der Waals surface area contributed by atoms with Gasteiger partial charge in [0.05, 0.1) is 6.54 Å². The van der Waals surface area contributed by atoms with Gasteiger partial charge in [-0.15, -0.1) is 5.10 Å². The highest BCUT2D eigenvalue weighted by Gasteiger charge is 2.10. The van der Waals surface area contributed by atoms with Crippen LogP contribution < -0.4 is 15.9 Å². The first-order valence-corrected chi connectivity index (χ1v) is 10.8. The molecule has 2 aromatic heterocycles. The average molecular weight is 430 g/mol. The second-order valence-electron chi connectivity index (χ2n) is 7.85. The third-order valence-electron chi connectivity index (χ3n) is 5.42. The number of hydrogen-bond donors (Lipinski definition) is 1. The molecule has 0 saturated carbocycles. The molecule has 0 aliphatic heterocycles. The molecule has 4 aromatic rings. The monoisotopic (exact) mass is 429 g/mol. The van der Waals surface area contributed by atoms with E-state index in [1.165, 1.54) is 9.08 Å². The van der Waals surface area contributed by atoms with Crippen LogP contribution >= 0.6 is 0 Å². The maximum absolute atomic E-state index is 12.7. The minimum absolute atomic E-state index is 0.171. The minimum atomic E-state index is -0.195. The van der Waals surface area contributed by atoms with Crippen LogP contribution in [0.2, 0.25) is 0 Å². The molecule has 164 valence electrons. The van der Waals surface area contributed by atoms with E-state index in [1.807, 2.05) is 54.6 Å². The van der Waals surface area contributed by atoms with Crippen LogP contribution in [0.4, 0.5) is 11.4 Å². The first-order valence-electron chi connectivity index (χ1n) is 10.8. The van der Waals surface area contributed by atoms with E-state index in [9.17, 15) is 9.59 Å². The fraction of sp³-hybridized carbons (Fsp3) is 0.240. The molecule has 0 fully saturated rings. The molecule has 0 aliphatic carbocycles. The number of amides is 1. The summed E-state index contributed by atoms with van der Waals surface area (Å²) in [6.07, 6.45) is 3.98. The summed E-state index contributed by atoms with van der Waals surface area (Å²) in [7, 11) is 2.06. The molecule has 0 atom stereocenters. The number of rotatable bonds is 8. The molecule has 32 heavy (non-hydrogen) atoms. The van der Waals surface area contributed by atoms with Crippen molar-refractivity contribution in [2.24, 2.45) is 0 Å². The first-order chi connectivity index (χ1) is 15.5. The Balaban J connectivity index is 1.45. The lowest BCUT2D eigenvalue weighted by molar-refractivity contribution is 0.102. The molecule has 7 heteroatoms. The van der Waals surface area contributed by atoms with Crippen molar-refractivity contribution in [3.8, 4) is 0 Å². The highest BCUT2D eigenvalue weighted by Crippen LogP contribution is 2.17. The van der Waals surface area contributed by atoms with Crippen molar-refractivity contribution in [2.45, 2.75) is 26.3 Å². The van der Waals surface area contributed by atoms with Crippen molar-refractivity contribution in [3.05, 3.63) is 94.5 Å². The first kappa shape index (κ1) is 21.4. The van der Waals surface area contributed by atoms with Crippen LogP contribution in [-0.4, -0.2) is 33.7 Å². The summed E-state index contributed by atoms with van der Waals surface area (Å²) in [6, 6.07) is 20.5. The number of nitrogens with zero attached hydrogens (tertiary/aromatic N) is 4. The predicted octanol–water partition coefficient (Wildman–Crippen LogP) is 4.03. The summed E-state index contributed by atoms with van der Waals surface area (Å²) in [4.78, 5) is 27.4. The van der Waals surface area contributed by atoms with Crippen LogP contribution in [0.1, 0.15) is 35.7 Å². The van der Waals surface area contributed by atoms with Crippen LogP contribution in [0.5, 0.6) is 0 Å². The number of hydrogen-bond acceptors (Lipinski definition) is 4. The van der Waals surface area contributed by atoms with Crippen molar-refractivity contribution in [3.63, 3.8) is 0 Å². The summed E-state index contributed by atoms with van der Waals surface area (Å²) in [6.45, 7) is 3.49. The van der Waals surface area contributed by atoms with E-state index < -0.39 is 0 Å². The maximum Gasteiger partial charge on any atom is 0.350 e. The smallest absolute Gasteiger partial charge is 0.350 e. The summed E-state index contributed by atoms with van der Waals surface area (Å²) in [5.41, 5.74) is 3.65. The standard InChI is InChI=1S/C25H27N5O2/c1-3-4-15-28(2)22-13-11-20(12-14-22)24(31)26-21-9-7-8-19(17-21)18-30-25(32)29-16-6-5-10-23(29)27-30/h5-14,16-17H,3-4,15,18H2,1-2H3,(H,26,31). The van der Waals surface area contributed by atoms with Crippen LogP contribution in [0.15, 0.2) is 77.7 Å². The summed E-state index contributed by atoms with van der Waals surface area (Å²) in [5.74, 6) is -0.171. The Labute approximate surface area is 186 Å². The van der Waals surface area contributed by atoms with Gasteiger partial charge in [-0.1, -0.05) is 31.5 Å². The van der Waals surface area contributed by atoms with Crippen molar-refractivity contribution in [1.29, 1.82) is 0 Å². The number of pyridine rings is 1. The highest BCUT2D eigenvalue weighted by molar-refractivity contribution is 6.04. The molecule has 0 unspecified atom stereocenters. The molecule has 0 bridgehead atoms. The van der Waals surface area contributed by atoms with Crippen molar-refractivity contribution < 1.29 is 4.79 Å². The van der Waals surface area contributed by atoms with E-state index in [4.69, 9.17) is 0 Å². The van der Waals surface area contributed by atoms with Gasteiger partial charge in [-0.3, -0.25) is 9.20 Å². The maximum atomic E-state index is 12.7. The normalized spacial score (nSPS) is 10.9. The second-order valence-corrected chi connectivity index (χ2v) is 7.85. The molecule has 0 aliphatic rings. The van der Waals surface area contributed by atoms with E-state index >= 15 is 0 Å². The SMILES string of the molecule is CCCCN(C)c1ccc(C(=O)Nc2cccc(Cn3nc4ccccn4c3=O)c2)cc1. The molecule has 2 aromatic carbocycles. The van der Waals surface area contributed by atoms with E-state index in [2.05, 4.69) is 29.3 Å². The minimum Gasteiger partial charge on any atom is -0.375 e. The topological polar surface area (TPSA) is 71.6 Å². The Morgan fingerprint density at radius 3 is 2.62 bits per heavy atom. The molecule has 4 rings (SSSR count). The van der Waals surface area contributed by atoms with E-state index in [0.29, 0.717) is 23.4 Å². The Bertz CT molecular complexity index is 1270. The number of carbonyl (C=O) groups excluding carboxylic acids is 1. The zero-order valence-corrected chi connectivity index (χ0v) is 18.4. The lowest BCUT2D eigenvalue weighted by atomic mass is 10.1. The van der Waals surface area contributed by atoms with Crippen molar-refractivity contribution in [2.75, 3.05) is 23.8 Å². The van der Waals surface area contributed by atoms with Crippen LogP contribution in [0, 0.1) is 0 Å². The van der Waals surface area contributed by atoms with Gasteiger partial charge >= 0.3 is 5.69 Å². The van der Waals surface area contributed by atoms with Gasteiger partial charge in [-0.25, -0.2) is 9.48 Å². The quantitative estimate of drug-likeness (QED) is 0.459. The van der Waals surface area contributed by atoms with E-state index in [0.717, 1.165) is 30.6 Å². The van der Waals surface area contributed by atoms with Gasteiger partial charge < -0.3 is 10.2 Å². The predicted molar refractivity (Wildman–Crippen MR) is 128 cm³/mol. The van der Waals surface area contributed by atoms with Gasteiger partial charge in [-0.2, -0.15) is 0 Å².